The summed E-state index contributed by atoms with van der Waals surface area (Å²) >= 11 is 0. The minimum absolute atomic E-state index is 0.302. The Morgan fingerprint density at radius 1 is 1.18 bits per heavy atom. The minimum atomic E-state index is -2.50. The number of alkyl halides is 2. The zero-order valence-electron chi connectivity index (χ0n) is 9.11. The quantitative estimate of drug-likeness (QED) is 0.740. The van der Waals surface area contributed by atoms with Crippen molar-refractivity contribution in [3.8, 4) is 0 Å². The van der Waals surface area contributed by atoms with Gasteiger partial charge in [-0.25, -0.2) is 13.6 Å². The van der Waals surface area contributed by atoms with E-state index in [1.807, 2.05) is 6.07 Å². The molecule has 0 saturated heterocycles. The van der Waals surface area contributed by atoms with Gasteiger partial charge in [-0.15, -0.1) is 0 Å². The molecule has 3 rings (SSSR count). The van der Waals surface area contributed by atoms with Crippen molar-refractivity contribution in [2.24, 2.45) is 11.8 Å². The maximum absolute atomic E-state index is 12.9. The maximum Gasteiger partial charge on any atom is 0.338 e. The normalized spacial score (nSPS) is 32.9. The van der Waals surface area contributed by atoms with Gasteiger partial charge in [-0.1, -0.05) is 18.2 Å². The van der Waals surface area contributed by atoms with E-state index in [0.29, 0.717) is 18.4 Å². The first-order valence-corrected chi connectivity index (χ1v) is 5.73. The van der Waals surface area contributed by atoms with Crippen LogP contribution in [0.5, 0.6) is 0 Å². The highest BCUT2D eigenvalue weighted by Gasteiger charge is 2.72. The van der Waals surface area contributed by atoms with Crippen molar-refractivity contribution in [1.29, 1.82) is 0 Å². The molecule has 2 aliphatic carbocycles. The second-order valence-electron chi connectivity index (χ2n) is 4.75. The van der Waals surface area contributed by atoms with Crippen molar-refractivity contribution in [3.63, 3.8) is 0 Å². The van der Waals surface area contributed by atoms with Crippen LogP contribution in [-0.2, 0) is 4.74 Å². The van der Waals surface area contributed by atoms with Gasteiger partial charge in [-0.3, -0.25) is 0 Å². The van der Waals surface area contributed by atoms with Crippen LogP contribution in [0.4, 0.5) is 8.78 Å². The summed E-state index contributed by atoms with van der Waals surface area (Å²) in [6.45, 7) is 0. The third-order valence-corrected chi connectivity index (χ3v) is 3.68. The molecule has 0 aliphatic heterocycles. The van der Waals surface area contributed by atoms with Gasteiger partial charge in [0.25, 0.3) is 5.92 Å². The van der Waals surface area contributed by atoms with Crippen molar-refractivity contribution in [3.05, 3.63) is 35.9 Å². The van der Waals surface area contributed by atoms with Crippen LogP contribution in [0, 0.1) is 11.8 Å². The summed E-state index contributed by atoms with van der Waals surface area (Å²) in [4.78, 5) is 11.7. The van der Waals surface area contributed by atoms with Crippen LogP contribution in [0.1, 0.15) is 23.2 Å². The lowest BCUT2D eigenvalue weighted by Gasteiger charge is -2.15. The lowest BCUT2D eigenvalue weighted by atomic mass is 10.2. The Morgan fingerprint density at radius 2 is 1.76 bits per heavy atom. The van der Waals surface area contributed by atoms with Gasteiger partial charge in [0.2, 0.25) is 0 Å². The second-order valence-corrected chi connectivity index (χ2v) is 4.75. The lowest BCUT2D eigenvalue weighted by Crippen LogP contribution is -2.20. The molecule has 0 aromatic heterocycles. The van der Waals surface area contributed by atoms with Gasteiger partial charge in [-0.2, -0.15) is 0 Å². The standard InChI is InChI=1S/C13H12F2O2/c14-13(15)10-6-9(7-11(10)13)17-12(16)8-4-2-1-3-5-8/h1-5,9-11H,6-7H2/t9-,10-,11+. The predicted octanol–water partition coefficient (Wildman–Crippen LogP) is 2.89. The van der Waals surface area contributed by atoms with Crippen molar-refractivity contribution in [2.45, 2.75) is 24.9 Å². The van der Waals surface area contributed by atoms with Gasteiger partial charge in [0.15, 0.2) is 0 Å². The first-order chi connectivity index (χ1) is 8.09. The van der Waals surface area contributed by atoms with Crippen LogP contribution in [0.2, 0.25) is 0 Å². The van der Waals surface area contributed by atoms with Gasteiger partial charge in [-0.05, 0) is 25.0 Å². The molecule has 0 amide bonds. The van der Waals surface area contributed by atoms with Crippen LogP contribution in [0.15, 0.2) is 30.3 Å². The van der Waals surface area contributed by atoms with Crippen molar-refractivity contribution < 1.29 is 18.3 Å². The van der Waals surface area contributed by atoms with Crippen LogP contribution >= 0.6 is 0 Å². The third kappa shape index (κ3) is 1.72. The molecule has 90 valence electrons. The SMILES string of the molecule is O=C(O[C@@H]1C[C@@H]2[C@H](C1)C2(F)F)c1ccccc1. The number of carbonyl (C=O) groups excluding carboxylic acids is 1. The van der Waals surface area contributed by atoms with Crippen molar-refractivity contribution in [2.75, 3.05) is 0 Å². The molecule has 2 nitrogen and oxygen atoms in total. The summed E-state index contributed by atoms with van der Waals surface area (Å²) in [5.74, 6) is -4.04. The van der Waals surface area contributed by atoms with E-state index in [-0.39, 0.29) is 6.10 Å². The molecule has 2 fully saturated rings. The highest BCUT2D eigenvalue weighted by atomic mass is 19.3. The smallest absolute Gasteiger partial charge is 0.338 e. The molecule has 0 bridgehead atoms. The topological polar surface area (TPSA) is 26.3 Å². The highest BCUT2D eigenvalue weighted by Crippen LogP contribution is 2.64. The number of benzene rings is 1. The molecular formula is C13H12F2O2. The number of hydrogen-bond acceptors (Lipinski definition) is 2. The van der Waals surface area contributed by atoms with E-state index in [0.717, 1.165) is 0 Å². The Kier molecular flexibility index (Phi) is 2.21. The molecule has 0 radical (unpaired) electrons. The average molecular weight is 238 g/mol. The molecule has 3 atom stereocenters. The van der Waals surface area contributed by atoms with Gasteiger partial charge in [0.1, 0.15) is 6.10 Å². The summed E-state index contributed by atoms with van der Waals surface area (Å²) in [6, 6.07) is 8.62. The summed E-state index contributed by atoms with van der Waals surface area (Å²) in [6.07, 6.45) is 0.268. The molecule has 4 heteroatoms. The summed E-state index contributed by atoms with van der Waals surface area (Å²) in [5, 5.41) is 0. The molecule has 2 saturated carbocycles. The fourth-order valence-corrected chi connectivity index (χ4v) is 2.66. The largest absolute Gasteiger partial charge is 0.459 e. The van der Waals surface area contributed by atoms with Crippen LogP contribution < -0.4 is 0 Å². The number of halogens is 2. The van der Waals surface area contributed by atoms with E-state index in [1.54, 1.807) is 24.3 Å². The van der Waals surface area contributed by atoms with Crippen LogP contribution in [0.25, 0.3) is 0 Å². The number of hydrogen-bond donors (Lipinski definition) is 0. The number of fused-ring (bicyclic) bond motifs is 1. The summed E-state index contributed by atoms with van der Waals surface area (Å²) in [7, 11) is 0. The molecule has 0 N–H and O–H groups in total. The number of ether oxygens (including phenoxy) is 1. The highest BCUT2D eigenvalue weighted by molar-refractivity contribution is 5.89. The number of esters is 1. The number of carbonyl (C=O) groups is 1. The molecule has 17 heavy (non-hydrogen) atoms. The Morgan fingerprint density at radius 3 is 2.35 bits per heavy atom. The molecular weight excluding hydrogens is 226 g/mol. The fourth-order valence-electron chi connectivity index (χ4n) is 2.66. The average Bonchev–Trinajstić information content (AvgIpc) is 2.68. The first-order valence-electron chi connectivity index (χ1n) is 5.73. The summed E-state index contributed by atoms with van der Waals surface area (Å²) in [5.41, 5.74) is 0.472. The zero-order valence-corrected chi connectivity index (χ0v) is 9.11. The molecule has 0 spiro atoms. The molecule has 1 aromatic carbocycles. The van der Waals surface area contributed by atoms with Gasteiger partial charge in [0, 0.05) is 11.8 Å². The second kappa shape index (κ2) is 3.52. The Hall–Kier alpha value is -1.45. The first kappa shape index (κ1) is 10.7. The van der Waals surface area contributed by atoms with Gasteiger partial charge in [0.05, 0.1) is 5.56 Å². The van der Waals surface area contributed by atoms with E-state index in [2.05, 4.69) is 0 Å². The summed E-state index contributed by atoms with van der Waals surface area (Å²) < 4.78 is 31.1. The molecule has 2 aliphatic rings. The Balaban J connectivity index is 1.58. The maximum atomic E-state index is 12.9. The fraction of sp³-hybridized carbons (Fsp3) is 0.462. The third-order valence-electron chi connectivity index (χ3n) is 3.68. The molecule has 1 aromatic rings. The minimum Gasteiger partial charge on any atom is -0.459 e. The van der Waals surface area contributed by atoms with E-state index < -0.39 is 23.7 Å². The predicted molar refractivity (Wildman–Crippen MR) is 56.8 cm³/mol. The molecule has 0 heterocycles. The van der Waals surface area contributed by atoms with E-state index in [1.165, 1.54) is 0 Å². The van der Waals surface area contributed by atoms with Gasteiger partial charge < -0.3 is 4.74 Å². The van der Waals surface area contributed by atoms with Crippen LogP contribution in [0.3, 0.4) is 0 Å². The van der Waals surface area contributed by atoms with Crippen molar-refractivity contribution in [1.82, 2.24) is 0 Å². The van der Waals surface area contributed by atoms with Crippen molar-refractivity contribution >= 4 is 5.97 Å². The number of rotatable bonds is 2. The Bertz CT molecular complexity index is 430. The van der Waals surface area contributed by atoms with E-state index >= 15 is 0 Å². The Labute approximate surface area is 97.6 Å². The monoisotopic (exact) mass is 238 g/mol. The van der Waals surface area contributed by atoms with E-state index in [9.17, 15) is 13.6 Å². The van der Waals surface area contributed by atoms with Gasteiger partial charge >= 0.3 is 5.97 Å². The lowest BCUT2D eigenvalue weighted by molar-refractivity contribution is 0.00729. The molecule has 0 unspecified atom stereocenters. The zero-order chi connectivity index (χ0) is 12.0. The van der Waals surface area contributed by atoms with Crippen LogP contribution in [-0.4, -0.2) is 18.0 Å². The van der Waals surface area contributed by atoms with E-state index in [4.69, 9.17) is 4.74 Å².